The highest BCUT2D eigenvalue weighted by molar-refractivity contribution is 6.00. The van der Waals surface area contributed by atoms with Crippen LogP contribution in [0, 0.1) is 6.92 Å². The van der Waals surface area contributed by atoms with E-state index < -0.39 is 6.04 Å². The summed E-state index contributed by atoms with van der Waals surface area (Å²) in [5, 5.41) is 7.58. The van der Waals surface area contributed by atoms with Gasteiger partial charge in [-0.2, -0.15) is 4.98 Å². The van der Waals surface area contributed by atoms with Crippen molar-refractivity contribution in [1.29, 1.82) is 0 Å². The van der Waals surface area contributed by atoms with Gasteiger partial charge in [-0.3, -0.25) is 4.79 Å². The molecule has 1 aromatic carbocycles. The number of allylic oxidation sites excluding steroid dienone is 2. The minimum atomic E-state index is -0.497. The summed E-state index contributed by atoms with van der Waals surface area (Å²) < 4.78 is 18.3. The van der Waals surface area contributed by atoms with Crippen LogP contribution in [0.25, 0.3) is 0 Å². The fourth-order valence-electron chi connectivity index (χ4n) is 4.43. The summed E-state index contributed by atoms with van der Waals surface area (Å²) in [6.07, 6.45) is 1.01. The molecule has 160 valence electrons. The molecule has 5 rings (SSSR count). The second kappa shape index (κ2) is 7.19. The smallest absolute Gasteiger partial charge is 0.241 e. The van der Waals surface area contributed by atoms with Crippen molar-refractivity contribution >= 4 is 17.7 Å². The first-order valence-electron chi connectivity index (χ1n) is 10.0. The predicted octanol–water partition coefficient (Wildman–Crippen LogP) is 3.19. The summed E-state index contributed by atoms with van der Waals surface area (Å²) in [5.41, 5.74) is 8.33. The number of nitrogens with two attached hydrogens (primary N) is 1. The summed E-state index contributed by atoms with van der Waals surface area (Å²) in [6, 6.07) is 9.01. The molecule has 2 aromatic heterocycles. The van der Waals surface area contributed by atoms with Crippen LogP contribution in [0.4, 0.5) is 11.9 Å². The Hall–Kier alpha value is -3.75. The second-order valence-electron chi connectivity index (χ2n) is 7.75. The molecule has 0 bridgehead atoms. The Kier molecular flexibility index (Phi) is 4.46. The van der Waals surface area contributed by atoms with Crippen molar-refractivity contribution < 1.29 is 18.7 Å². The molecule has 0 spiro atoms. The number of carbonyl (C=O) groups is 1. The molecule has 9 heteroatoms. The van der Waals surface area contributed by atoms with Gasteiger partial charge in [0.2, 0.25) is 11.9 Å². The molecule has 0 fully saturated rings. The number of aryl methyl sites for hydroxylation is 1. The molecule has 3 aromatic rings. The first-order valence-corrected chi connectivity index (χ1v) is 10.0. The highest BCUT2D eigenvalue weighted by atomic mass is 16.5. The average molecular weight is 421 g/mol. The number of furan rings is 1. The normalized spacial score (nSPS) is 20.2. The fraction of sp³-hybridized carbons (Fsp3) is 0.318. The van der Waals surface area contributed by atoms with Crippen LogP contribution in [0.3, 0.4) is 0 Å². The Morgan fingerprint density at radius 1 is 1.16 bits per heavy atom. The Morgan fingerprint density at radius 2 is 1.97 bits per heavy atom. The van der Waals surface area contributed by atoms with E-state index in [1.807, 2.05) is 37.3 Å². The van der Waals surface area contributed by atoms with Crippen molar-refractivity contribution in [3.05, 3.63) is 58.7 Å². The van der Waals surface area contributed by atoms with Gasteiger partial charge in [-0.1, -0.05) is 6.07 Å². The number of ether oxygens (including phenoxy) is 2. The summed E-state index contributed by atoms with van der Waals surface area (Å²) in [4.78, 5) is 17.7. The Bertz CT molecular complexity index is 1210. The van der Waals surface area contributed by atoms with Crippen LogP contribution < -0.4 is 20.5 Å². The van der Waals surface area contributed by atoms with Crippen LogP contribution in [-0.4, -0.2) is 34.8 Å². The molecular formula is C22H23N5O4. The molecule has 9 nitrogen and oxygen atoms in total. The van der Waals surface area contributed by atoms with E-state index in [4.69, 9.17) is 19.6 Å². The number of methoxy groups -OCH3 is 2. The number of anilines is 2. The minimum absolute atomic E-state index is 0.00985. The Labute approximate surface area is 178 Å². The molecule has 31 heavy (non-hydrogen) atoms. The lowest BCUT2D eigenvalue weighted by Gasteiger charge is -2.34. The van der Waals surface area contributed by atoms with Crippen LogP contribution in [0.1, 0.15) is 41.9 Å². The number of benzene rings is 1. The van der Waals surface area contributed by atoms with Gasteiger partial charge in [-0.05, 0) is 49.1 Å². The van der Waals surface area contributed by atoms with Crippen LogP contribution in [0.15, 0.2) is 46.0 Å². The van der Waals surface area contributed by atoms with Crippen molar-refractivity contribution in [1.82, 2.24) is 14.8 Å². The SMILES string of the molecule is COc1ccc([C@H]2CC(=O)C3=C(C2)Nc2nc(N)nn2[C@@H]3c2ccc(C)o2)cc1OC. The third-order valence-corrected chi connectivity index (χ3v) is 5.85. The highest BCUT2D eigenvalue weighted by Gasteiger charge is 2.41. The molecular weight excluding hydrogens is 398 g/mol. The Morgan fingerprint density at radius 3 is 2.68 bits per heavy atom. The quantitative estimate of drug-likeness (QED) is 0.659. The maximum atomic E-state index is 13.4. The van der Waals surface area contributed by atoms with Crippen molar-refractivity contribution in [2.24, 2.45) is 0 Å². The van der Waals surface area contributed by atoms with Crippen molar-refractivity contribution in [3.8, 4) is 11.5 Å². The van der Waals surface area contributed by atoms with Gasteiger partial charge in [0.05, 0.1) is 14.2 Å². The number of rotatable bonds is 4. The molecule has 0 saturated carbocycles. The van der Waals surface area contributed by atoms with Crippen LogP contribution in [0.2, 0.25) is 0 Å². The van der Waals surface area contributed by atoms with E-state index in [1.54, 1.807) is 18.9 Å². The lowest BCUT2D eigenvalue weighted by Crippen LogP contribution is -2.33. The zero-order valence-electron chi connectivity index (χ0n) is 17.5. The van der Waals surface area contributed by atoms with Gasteiger partial charge in [0.25, 0.3) is 0 Å². The van der Waals surface area contributed by atoms with E-state index in [0.717, 1.165) is 17.0 Å². The number of hydrogen-bond acceptors (Lipinski definition) is 8. The summed E-state index contributed by atoms with van der Waals surface area (Å²) >= 11 is 0. The summed E-state index contributed by atoms with van der Waals surface area (Å²) in [5.74, 6) is 3.35. The lowest BCUT2D eigenvalue weighted by atomic mass is 9.78. The maximum Gasteiger partial charge on any atom is 0.241 e. The van der Waals surface area contributed by atoms with Gasteiger partial charge in [-0.15, -0.1) is 5.10 Å². The third-order valence-electron chi connectivity index (χ3n) is 5.85. The monoisotopic (exact) mass is 421 g/mol. The molecule has 3 heterocycles. The zero-order valence-corrected chi connectivity index (χ0v) is 17.5. The predicted molar refractivity (Wildman–Crippen MR) is 113 cm³/mol. The van der Waals surface area contributed by atoms with E-state index in [0.29, 0.717) is 41.6 Å². The number of aromatic nitrogens is 3. The van der Waals surface area contributed by atoms with Gasteiger partial charge in [0.1, 0.15) is 17.6 Å². The lowest BCUT2D eigenvalue weighted by molar-refractivity contribution is -0.116. The van der Waals surface area contributed by atoms with Gasteiger partial charge < -0.3 is 24.9 Å². The van der Waals surface area contributed by atoms with Gasteiger partial charge in [0, 0.05) is 17.7 Å². The number of nitrogens with one attached hydrogen (secondary N) is 1. The first kappa shape index (κ1) is 19.2. The number of nitrogen functional groups attached to an aromatic ring is 1. The molecule has 0 saturated heterocycles. The molecule has 3 N–H and O–H groups in total. The van der Waals surface area contributed by atoms with Crippen molar-refractivity contribution in [2.75, 3.05) is 25.3 Å². The first-order chi connectivity index (χ1) is 15.0. The van der Waals surface area contributed by atoms with Gasteiger partial charge in [-0.25, -0.2) is 4.68 Å². The summed E-state index contributed by atoms with van der Waals surface area (Å²) in [7, 11) is 3.20. The maximum absolute atomic E-state index is 13.4. The van der Waals surface area contributed by atoms with Crippen LogP contribution in [-0.2, 0) is 4.79 Å². The standard InChI is InChI=1S/C22H23N5O4/c1-11-4-6-17(31-11)20-19-14(24-22-25-21(23)26-27(20)22)8-13(9-15(19)28)12-5-7-16(29-2)18(10-12)30-3/h4-7,10,13,20H,8-9H2,1-3H3,(H3,23,24,25,26)/t13-,20-/m1/s1. The Balaban J connectivity index is 1.56. The van der Waals surface area contributed by atoms with E-state index >= 15 is 0 Å². The molecule has 1 aliphatic heterocycles. The molecule has 0 unspecified atom stereocenters. The van der Waals surface area contributed by atoms with Crippen molar-refractivity contribution in [3.63, 3.8) is 0 Å². The second-order valence-corrected chi connectivity index (χ2v) is 7.75. The van der Waals surface area contributed by atoms with E-state index in [9.17, 15) is 4.79 Å². The van der Waals surface area contributed by atoms with E-state index in [2.05, 4.69) is 15.4 Å². The molecule has 2 atom stereocenters. The fourth-order valence-corrected chi connectivity index (χ4v) is 4.43. The summed E-state index contributed by atoms with van der Waals surface area (Å²) in [6.45, 7) is 1.87. The number of Topliss-reactive ketones (excluding diaryl/α,β-unsaturated/α-hetero) is 1. The minimum Gasteiger partial charge on any atom is -0.493 e. The molecule has 0 amide bonds. The highest BCUT2D eigenvalue weighted by Crippen LogP contribution is 2.45. The number of carbonyl (C=O) groups excluding carboxylic acids is 1. The van der Waals surface area contributed by atoms with Gasteiger partial charge >= 0.3 is 0 Å². The average Bonchev–Trinajstić information content (AvgIpc) is 3.35. The zero-order chi connectivity index (χ0) is 21.7. The van der Waals surface area contributed by atoms with Crippen molar-refractivity contribution in [2.45, 2.75) is 31.7 Å². The number of nitrogens with zero attached hydrogens (tertiary/aromatic N) is 3. The largest absolute Gasteiger partial charge is 0.493 e. The number of ketones is 1. The number of fused-ring (bicyclic) bond motifs is 1. The topological polar surface area (TPSA) is 117 Å². The van der Waals surface area contributed by atoms with E-state index in [1.165, 1.54) is 0 Å². The van der Waals surface area contributed by atoms with E-state index in [-0.39, 0.29) is 17.6 Å². The van der Waals surface area contributed by atoms with Crippen LogP contribution >= 0.6 is 0 Å². The van der Waals surface area contributed by atoms with Gasteiger partial charge in [0.15, 0.2) is 17.3 Å². The molecule has 0 radical (unpaired) electrons. The van der Waals surface area contributed by atoms with Crippen LogP contribution in [0.5, 0.6) is 11.5 Å². The molecule has 1 aliphatic carbocycles. The third kappa shape index (κ3) is 3.13. The molecule has 2 aliphatic rings. The number of hydrogen-bond donors (Lipinski definition) is 2.